The van der Waals surface area contributed by atoms with Crippen LogP contribution in [-0.2, 0) is 60.6 Å². The topological polar surface area (TPSA) is 283 Å². The number of aryl methyl sites for hydroxylation is 1. The first kappa shape index (κ1) is 70.4. The number of alkyl carbamates (subject to hydrolysis) is 1. The molecule has 0 aromatic heterocycles. The fourth-order valence-electron chi connectivity index (χ4n) is 10.9. The fraction of sp³-hybridized carbons (Fsp3) is 0.571. The molecule has 2 fully saturated rings. The maximum Gasteiger partial charge on any atom is 0.409 e. The SMILES string of the molecule is C=C(CBr)C(=O)CCCCCCC(=O)C[C@H](C(=O)N[C@@H](CCCNC(N)=O)C(=O)Cc1ccc(C(=O)N(C)[C@@H](C)C(=O)O[C@H]2CC(=O)N(C)c3cc(cc(C)c3Cl)C/C(C)=C/C=C/[C@@H](OC)[C@@]3(O)C[C@H](OC(=O)N3)[C@@H](C)[C@@H]3O[C@@]23C)c(F)c1)C(C)C. The van der Waals surface area contributed by atoms with E-state index in [0.717, 1.165) is 34.9 Å². The van der Waals surface area contributed by atoms with Crippen molar-refractivity contribution >= 4 is 86.4 Å². The number of likely N-dealkylation sites (N-methyl/N-ethyl adjacent to an activating group) is 1. The molecule has 5 rings (SSSR count). The highest BCUT2D eigenvalue weighted by atomic mass is 79.9. The predicted octanol–water partition coefficient (Wildman–Crippen LogP) is 8.40. The average Bonchev–Trinajstić information content (AvgIpc) is 1.61. The summed E-state index contributed by atoms with van der Waals surface area (Å²) in [5.74, 6) is -6.28. The van der Waals surface area contributed by atoms with Gasteiger partial charge < -0.3 is 50.2 Å². The van der Waals surface area contributed by atoms with Crippen LogP contribution in [0.3, 0.4) is 0 Å². The summed E-state index contributed by atoms with van der Waals surface area (Å²) in [5, 5.41) is 20.4. The van der Waals surface area contributed by atoms with E-state index in [1.807, 2.05) is 26.0 Å². The molecule has 2 saturated heterocycles. The molecule has 20 nitrogen and oxygen atoms in total. The number of fused-ring (bicyclic) bond motifs is 5. The number of anilines is 1. The first-order chi connectivity index (χ1) is 40.4. The molecule has 0 aliphatic carbocycles. The summed E-state index contributed by atoms with van der Waals surface area (Å²) >= 11 is 10.1. The number of urea groups is 1. The number of carbonyl (C=O) groups is 9. The second-order valence-corrected chi connectivity index (χ2v) is 24.5. The number of allylic oxidation sites excluding steroid dienone is 4. The number of ether oxygens (including phenoxy) is 4. The van der Waals surface area contributed by atoms with Crippen LogP contribution in [0.5, 0.6) is 0 Å². The molecule has 10 atom stereocenters. The minimum absolute atomic E-state index is 0.000263. The zero-order valence-corrected chi connectivity index (χ0v) is 53.3. The van der Waals surface area contributed by atoms with Crippen molar-refractivity contribution in [3.8, 4) is 0 Å². The van der Waals surface area contributed by atoms with Crippen LogP contribution in [0.25, 0.3) is 0 Å². The van der Waals surface area contributed by atoms with Gasteiger partial charge in [-0.3, -0.25) is 34.1 Å². The number of unbranched alkanes of at least 4 members (excludes halogenated alkanes) is 3. The highest BCUT2D eigenvalue weighted by molar-refractivity contribution is 9.09. The molecule has 3 aliphatic heterocycles. The second kappa shape index (κ2) is 31.5. The largest absolute Gasteiger partial charge is 0.457 e. The Kier molecular flexibility index (Phi) is 25.8. The van der Waals surface area contributed by atoms with Crippen molar-refractivity contribution in [1.82, 2.24) is 20.9 Å². The van der Waals surface area contributed by atoms with Crippen LogP contribution >= 0.6 is 27.5 Å². The van der Waals surface area contributed by atoms with Crippen LogP contribution in [0.15, 0.2) is 66.3 Å². The zero-order chi connectivity index (χ0) is 64.0. The smallest absolute Gasteiger partial charge is 0.409 e. The lowest BCUT2D eigenvalue weighted by Gasteiger charge is -2.42. The van der Waals surface area contributed by atoms with E-state index in [1.54, 1.807) is 53.0 Å². The van der Waals surface area contributed by atoms with Crippen molar-refractivity contribution < 1.29 is 71.6 Å². The lowest BCUT2D eigenvalue weighted by molar-refractivity contribution is -0.158. The number of primary amides is 1. The second-order valence-electron chi connectivity index (χ2n) is 23.5. The van der Waals surface area contributed by atoms with Crippen LogP contribution in [0, 0.1) is 30.5 Å². The number of nitrogens with one attached hydrogen (secondary N) is 3. The zero-order valence-electron chi connectivity index (χ0n) is 51.0. The Bertz CT molecular complexity index is 2940. The Hall–Kier alpha value is -6.33. The number of ketones is 3. The lowest BCUT2D eigenvalue weighted by atomic mass is 9.83. The molecule has 3 heterocycles. The minimum Gasteiger partial charge on any atom is -0.457 e. The van der Waals surface area contributed by atoms with Crippen LogP contribution < -0.4 is 26.6 Å². The maximum absolute atomic E-state index is 16.2. The average molecular weight is 1280 g/mol. The van der Waals surface area contributed by atoms with Crippen molar-refractivity contribution in [2.45, 2.75) is 180 Å². The van der Waals surface area contributed by atoms with Gasteiger partial charge in [-0.25, -0.2) is 18.8 Å². The van der Waals surface area contributed by atoms with Gasteiger partial charge in [-0.15, -0.1) is 0 Å². The Labute approximate surface area is 517 Å². The quantitative estimate of drug-likeness (QED) is 0.0194. The molecule has 86 heavy (non-hydrogen) atoms. The number of carbonyl (C=O) groups excluding carboxylic acids is 9. The highest BCUT2D eigenvalue weighted by Gasteiger charge is 2.64. The summed E-state index contributed by atoms with van der Waals surface area (Å²) in [6.07, 6.45) is 3.28. The molecule has 2 aromatic rings. The Morgan fingerprint density at radius 2 is 1.73 bits per heavy atom. The summed E-state index contributed by atoms with van der Waals surface area (Å²) in [6.45, 7) is 15.9. The van der Waals surface area contributed by atoms with Crippen LogP contribution in [0.4, 0.5) is 19.7 Å². The molecule has 4 bridgehead atoms. The number of methoxy groups -OCH3 is 1. The number of hydrogen-bond donors (Lipinski definition) is 5. The number of alkyl halides is 1. The van der Waals surface area contributed by atoms with E-state index >= 15 is 4.39 Å². The molecule has 6 amide bonds. The first-order valence-corrected chi connectivity index (χ1v) is 30.7. The number of esters is 1. The van der Waals surface area contributed by atoms with Gasteiger partial charge in [0.05, 0.1) is 34.8 Å². The van der Waals surface area contributed by atoms with E-state index in [4.69, 9.17) is 36.3 Å². The number of benzene rings is 2. The Balaban J connectivity index is 1.31. The Morgan fingerprint density at radius 1 is 1.05 bits per heavy atom. The van der Waals surface area contributed by atoms with Crippen molar-refractivity contribution in [2.75, 3.05) is 38.0 Å². The van der Waals surface area contributed by atoms with E-state index in [1.165, 1.54) is 38.1 Å². The molecule has 472 valence electrons. The van der Waals surface area contributed by atoms with E-state index in [2.05, 4.69) is 38.5 Å². The third kappa shape index (κ3) is 18.8. The van der Waals surface area contributed by atoms with Gasteiger partial charge in [-0.05, 0) is 106 Å². The number of Topliss-reactive ketones (excluding diaryl/α,β-unsaturated/α-hetero) is 3. The minimum atomic E-state index is -1.92. The van der Waals surface area contributed by atoms with Crippen molar-refractivity contribution in [3.05, 3.63) is 99.4 Å². The number of hydrogen-bond acceptors (Lipinski definition) is 14. The number of halogens is 3. The third-order valence-corrected chi connectivity index (χ3v) is 17.7. The van der Waals surface area contributed by atoms with E-state index in [9.17, 15) is 48.3 Å². The first-order valence-electron chi connectivity index (χ1n) is 29.2. The summed E-state index contributed by atoms with van der Waals surface area (Å²) in [6, 6.07) is 3.98. The van der Waals surface area contributed by atoms with E-state index < -0.39 is 119 Å². The summed E-state index contributed by atoms with van der Waals surface area (Å²) < 4.78 is 40.0. The predicted molar refractivity (Wildman–Crippen MR) is 326 cm³/mol. The van der Waals surface area contributed by atoms with Gasteiger partial charge in [-0.1, -0.05) is 104 Å². The molecule has 0 radical (unpaired) electrons. The molecule has 3 aliphatic rings. The van der Waals surface area contributed by atoms with E-state index in [-0.39, 0.29) is 68.1 Å². The van der Waals surface area contributed by atoms with Gasteiger partial charge in [-0.2, -0.15) is 0 Å². The molecule has 2 aromatic carbocycles. The summed E-state index contributed by atoms with van der Waals surface area (Å²) in [4.78, 5) is 123. The molecular formula is C63H85BrClFN6O14. The summed E-state index contributed by atoms with van der Waals surface area (Å²) in [7, 11) is 4.22. The molecule has 0 unspecified atom stereocenters. The number of amides is 6. The van der Waals surface area contributed by atoms with Crippen LogP contribution in [0.1, 0.15) is 139 Å². The van der Waals surface area contributed by atoms with Crippen LogP contribution in [-0.4, -0.2) is 144 Å². The molecular weight excluding hydrogens is 1200 g/mol. The maximum atomic E-state index is 16.2. The third-order valence-electron chi connectivity index (χ3n) is 16.5. The monoisotopic (exact) mass is 1280 g/mol. The van der Waals surface area contributed by atoms with Gasteiger partial charge in [0.2, 0.25) is 11.8 Å². The van der Waals surface area contributed by atoms with E-state index in [0.29, 0.717) is 52.9 Å². The number of nitrogens with two attached hydrogens (primary N) is 1. The van der Waals surface area contributed by atoms with Gasteiger partial charge in [0.15, 0.2) is 17.3 Å². The Morgan fingerprint density at radius 3 is 2.37 bits per heavy atom. The number of epoxide rings is 1. The molecule has 0 spiro atoms. The normalized spacial score (nSPS) is 24.3. The fourth-order valence-corrected chi connectivity index (χ4v) is 11.4. The molecule has 0 saturated carbocycles. The van der Waals surface area contributed by atoms with Crippen molar-refractivity contribution in [2.24, 2.45) is 23.5 Å². The standard InChI is InChI=1S/C63H85BrClFN6O14/c1-35(2)45(31-43(73)19-14-12-13-15-21-49(74)38(5)34-64)57(77)69-47(20-17-25-68-60(67)80)50(75)30-41-23-24-44(46(66)28-41)58(78)71(9)40(7)59(79)85-53-32-54(76)72(10)48-29-42(27-37(4)55(48)65)26-36(3)18-16-22-52(83-11)63(82)33-51(84-61(81)70-63)39(6)56-62(53,8)86-56/h16,18,22-24,27-29,35,39-40,45,47,51-53,56,82H,5,12-15,17,19-21,25-26,30-34H2,1-4,6-11H3,(H,69,77)(H,70,81)(H3,67,68,80)/b22-16+,36-18+/t39-,40+,45+,47+,51+,52-,53+,56+,62+,63+/m1/s1. The van der Waals surface area contributed by atoms with Gasteiger partial charge >= 0.3 is 18.1 Å². The lowest BCUT2D eigenvalue weighted by Crippen LogP contribution is -2.63. The van der Waals surface area contributed by atoms with Gasteiger partial charge in [0.1, 0.15) is 41.6 Å². The van der Waals surface area contributed by atoms with Gasteiger partial charge in [0, 0.05) is 77.0 Å². The number of nitrogens with zero attached hydrogens (tertiary/aromatic N) is 2. The number of rotatable bonds is 26. The van der Waals surface area contributed by atoms with Crippen LogP contribution in [0.2, 0.25) is 5.02 Å². The molecule has 6 N–H and O–H groups in total. The molecule has 23 heteroatoms. The van der Waals surface area contributed by atoms with Gasteiger partial charge in [0.25, 0.3) is 5.91 Å². The summed E-state index contributed by atoms with van der Waals surface area (Å²) in [5.41, 5.74) is 5.01. The van der Waals surface area contributed by atoms with Crippen molar-refractivity contribution in [1.29, 1.82) is 0 Å². The highest BCUT2D eigenvalue weighted by Crippen LogP contribution is 2.49. The number of aliphatic hydroxyl groups is 1. The van der Waals surface area contributed by atoms with Crippen molar-refractivity contribution in [3.63, 3.8) is 0 Å².